The smallest absolute Gasteiger partial charge is 0.449 e. The number of carbonyl (C=O) groups is 1. The van der Waals surface area contributed by atoms with Gasteiger partial charge in [-0.15, -0.1) is 0 Å². The molecule has 0 aliphatic rings. The summed E-state index contributed by atoms with van der Waals surface area (Å²) in [4.78, 5) is 14.4. The van der Waals surface area contributed by atoms with E-state index in [1.807, 2.05) is 0 Å². The highest BCUT2D eigenvalue weighted by molar-refractivity contribution is 6.57. The van der Waals surface area contributed by atoms with Crippen LogP contribution in [0, 0.1) is 0 Å². The number of pyridine rings is 1. The second-order valence-corrected chi connectivity index (χ2v) is 3.01. The van der Waals surface area contributed by atoms with Crippen LogP contribution in [0.25, 0.3) is 0 Å². The second-order valence-electron chi connectivity index (χ2n) is 3.01. The van der Waals surface area contributed by atoms with Crippen LogP contribution in [0.15, 0.2) is 18.3 Å². The molecule has 0 spiro atoms. The molecule has 0 fully saturated rings. The highest BCUT2D eigenvalue weighted by atomic mass is 19.4. The predicted octanol–water partition coefficient (Wildman–Crippen LogP) is 2.21. The van der Waals surface area contributed by atoms with Crippen molar-refractivity contribution in [3.05, 3.63) is 29.6 Å². The standard InChI is InChI=1S/C8H8BF3NO/c1-6(14)7-2-3-13-8(4-7)5-9(10,11)12/h2-4H,5H2,1H3/q-1. The van der Waals surface area contributed by atoms with Gasteiger partial charge in [0.2, 0.25) is 0 Å². The van der Waals surface area contributed by atoms with Gasteiger partial charge in [0.05, 0.1) is 0 Å². The Kier molecular flexibility index (Phi) is 2.93. The molecule has 1 aromatic rings. The van der Waals surface area contributed by atoms with Crippen LogP contribution in [0.4, 0.5) is 12.9 Å². The van der Waals surface area contributed by atoms with E-state index in [2.05, 4.69) is 4.98 Å². The van der Waals surface area contributed by atoms with Crippen LogP contribution < -0.4 is 0 Å². The van der Waals surface area contributed by atoms with Crippen molar-refractivity contribution >= 4 is 12.8 Å². The van der Waals surface area contributed by atoms with Crippen molar-refractivity contribution in [2.75, 3.05) is 0 Å². The van der Waals surface area contributed by atoms with E-state index in [9.17, 15) is 17.7 Å². The molecule has 0 atom stereocenters. The molecular formula is C8H8BF3NO-. The van der Waals surface area contributed by atoms with E-state index < -0.39 is 13.3 Å². The molecule has 1 aromatic heterocycles. The minimum absolute atomic E-state index is 0.106. The number of Topliss-reactive ketones (excluding diaryl/α,β-unsaturated/α-hetero) is 1. The van der Waals surface area contributed by atoms with Gasteiger partial charge in [-0.25, -0.2) is 0 Å². The van der Waals surface area contributed by atoms with Gasteiger partial charge in [0.25, 0.3) is 0 Å². The van der Waals surface area contributed by atoms with Crippen LogP contribution in [0.5, 0.6) is 0 Å². The number of nitrogens with zero attached hydrogens (tertiary/aromatic N) is 1. The minimum Gasteiger partial charge on any atom is -0.449 e. The molecule has 6 heteroatoms. The van der Waals surface area contributed by atoms with Gasteiger partial charge in [0.15, 0.2) is 5.78 Å². The maximum Gasteiger partial charge on any atom is 0.484 e. The monoisotopic (exact) mass is 202 g/mol. The normalized spacial score (nSPS) is 11.4. The molecule has 1 heterocycles. The third-order valence-corrected chi connectivity index (χ3v) is 1.66. The van der Waals surface area contributed by atoms with Gasteiger partial charge in [-0.05, 0) is 25.4 Å². The summed E-state index contributed by atoms with van der Waals surface area (Å²) < 4.78 is 36.0. The first-order valence-electron chi connectivity index (χ1n) is 4.05. The lowest BCUT2D eigenvalue weighted by atomic mass is 9.84. The van der Waals surface area contributed by atoms with Crippen LogP contribution in [0.2, 0.25) is 0 Å². The fraction of sp³-hybridized carbons (Fsp3) is 0.250. The molecule has 14 heavy (non-hydrogen) atoms. The SMILES string of the molecule is CC(=O)c1ccnc(C[B-](F)(F)F)c1. The summed E-state index contributed by atoms with van der Waals surface area (Å²) >= 11 is 0. The Labute approximate surface area is 79.2 Å². The zero-order chi connectivity index (χ0) is 10.8. The number of hydrogen-bond acceptors (Lipinski definition) is 2. The maximum atomic E-state index is 12.0. The summed E-state index contributed by atoms with van der Waals surface area (Å²) in [7, 11) is 0. The van der Waals surface area contributed by atoms with Gasteiger partial charge in [-0.3, -0.25) is 9.78 Å². The van der Waals surface area contributed by atoms with Gasteiger partial charge in [0.1, 0.15) is 0 Å². The van der Waals surface area contributed by atoms with Crippen molar-refractivity contribution < 1.29 is 17.7 Å². The maximum absolute atomic E-state index is 12.0. The van der Waals surface area contributed by atoms with E-state index in [1.165, 1.54) is 25.3 Å². The molecule has 0 saturated heterocycles. The third-order valence-electron chi connectivity index (χ3n) is 1.66. The Morgan fingerprint density at radius 3 is 2.64 bits per heavy atom. The van der Waals surface area contributed by atoms with Crippen molar-refractivity contribution in [1.82, 2.24) is 4.98 Å². The van der Waals surface area contributed by atoms with Gasteiger partial charge >= 0.3 is 6.98 Å². The number of ketones is 1. The summed E-state index contributed by atoms with van der Waals surface area (Å²) in [5, 5.41) is 0. The molecule has 0 bridgehead atoms. The molecule has 0 aliphatic carbocycles. The third kappa shape index (κ3) is 3.20. The first-order valence-corrected chi connectivity index (χ1v) is 4.05. The highest BCUT2D eigenvalue weighted by Gasteiger charge is 2.24. The number of carbonyl (C=O) groups excluding carboxylic acids is 1. The molecule has 0 aromatic carbocycles. The van der Waals surface area contributed by atoms with Gasteiger partial charge in [-0.1, -0.05) is 0 Å². The lowest BCUT2D eigenvalue weighted by Crippen LogP contribution is -2.20. The summed E-state index contributed by atoms with van der Waals surface area (Å²) in [5.74, 6) is -0.261. The van der Waals surface area contributed by atoms with Gasteiger partial charge in [-0.2, -0.15) is 0 Å². The van der Waals surface area contributed by atoms with Crippen LogP contribution >= 0.6 is 0 Å². The van der Waals surface area contributed by atoms with E-state index in [4.69, 9.17) is 0 Å². The van der Waals surface area contributed by atoms with Crippen LogP contribution in [-0.2, 0) is 6.32 Å². The van der Waals surface area contributed by atoms with Crippen molar-refractivity contribution in [2.45, 2.75) is 13.2 Å². The topological polar surface area (TPSA) is 30.0 Å². The average Bonchev–Trinajstić information content (AvgIpc) is 2.01. The lowest BCUT2D eigenvalue weighted by Gasteiger charge is -2.12. The number of rotatable bonds is 3. The molecule has 76 valence electrons. The van der Waals surface area contributed by atoms with Crippen LogP contribution in [0.1, 0.15) is 23.0 Å². The Morgan fingerprint density at radius 1 is 1.50 bits per heavy atom. The Balaban J connectivity index is 2.89. The quantitative estimate of drug-likeness (QED) is 0.555. The second kappa shape index (κ2) is 3.81. The van der Waals surface area contributed by atoms with E-state index >= 15 is 0 Å². The minimum atomic E-state index is -4.89. The molecule has 0 unspecified atom stereocenters. The predicted molar refractivity (Wildman–Crippen MR) is 47.0 cm³/mol. The fourth-order valence-electron chi connectivity index (χ4n) is 1.05. The van der Waals surface area contributed by atoms with Gasteiger partial charge in [0, 0.05) is 17.5 Å². The van der Waals surface area contributed by atoms with E-state index in [0.29, 0.717) is 0 Å². The van der Waals surface area contributed by atoms with Crippen molar-refractivity contribution in [2.24, 2.45) is 0 Å². The summed E-state index contributed by atoms with van der Waals surface area (Å²) in [6, 6.07) is 2.58. The lowest BCUT2D eigenvalue weighted by molar-refractivity contribution is 0.101. The molecule has 2 nitrogen and oxygen atoms in total. The first kappa shape index (κ1) is 10.8. The molecular weight excluding hydrogens is 194 g/mol. The van der Waals surface area contributed by atoms with E-state index in [1.54, 1.807) is 0 Å². The summed E-state index contributed by atoms with van der Waals surface area (Å²) in [6.45, 7) is -3.59. The zero-order valence-electron chi connectivity index (χ0n) is 7.51. The Hall–Kier alpha value is -1.33. The molecule has 1 rings (SSSR count). The average molecular weight is 202 g/mol. The molecule has 0 aliphatic heterocycles. The highest BCUT2D eigenvalue weighted by Crippen LogP contribution is 2.15. The van der Waals surface area contributed by atoms with Crippen LogP contribution in [0.3, 0.4) is 0 Å². The first-order chi connectivity index (χ1) is 6.38. The van der Waals surface area contributed by atoms with E-state index in [0.717, 1.165) is 0 Å². The molecule has 0 N–H and O–H groups in total. The van der Waals surface area contributed by atoms with Crippen LogP contribution in [-0.4, -0.2) is 17.7 Å². The molecule has 0 saturated carbocycles. The number of halogens is 3. The Bertz CT molecular complexity index is 351. The van der Waals surface area contributed by atoms with Crippen molar-refractivity contribution in [1.29, 1.82) is 0 Å². The largest absolute Gasteiger partial charge is 0.484 e. The van der Waals surface area contributed by atoms with Crippen molar-refractivity contribution in [3.8, 4) is 0 Å². The number of aromatic nitrogens is 1. The van der Waals surface area contributed by atoms with Gasteiger partial charge < -0.3 is 12.9 Å². The Morgan fingerprint density at radius 2 is 2.14 bits per heavy atom. The molecule has 0 radical (unpaired) electrons. The van der Waals surface area contributed by atoms with Crippen molar-refractivity contribution in [3.63, 3.8) is 0 Å². The van der Waals surface area contributed by atoms with E-state index in [-0.39, 0.29) is 17.0 Å². The zero-order valence-corrected chi connectivity index (χ0v) is 7.51. The summed E-state index contributed by atoms with van der Waals surface area (Å²) in [6.07, 6.45) is 0.176. The fourth-order valence-corrected chi connectivity index (χ4v) is 1.05. The molecule has 0 amide bonds. The number of hydrogen-bond donors (Lipinski definition) is 0. The summed E-state index contributed by atoms with van der Waals surface area (Å²) in [5.41, 5.74) is 0.153.